The van der Waals surface area contributed by atoms with Crippen molar-refractivity contribution in [2.45, 2.75) is 26.7 Å². The fourth-order valence-corrected chi connectivity index (χ4v) is 1.53. The smallest absolute Gasteiger partial charge is 0.224 e. The van der Waals surface area contributed by atoms with E-state index in [2.05, 4.69) is 5.32 Å². The van der Waals surface area contributed by atoms with E-state index in [0.717, 1.165) is 18.5 Å². The van der Waals surface area contributed by atoms with Gasteiger partial charge in [0.1, 0.15) is 0 Å². The highest BCUT2D eigenvalue weighted by Crippen LogP contribution is 2.04. The number of hydrogen-bond donors (Lipinski definition) is 1. The van der Waals surface area contributed by atoms with Crippen LogP contribution in [0.5, 0.6) is 0 Å². The van der Waals surface area contributed by atoms with Crippen LogP contribution in [-0.4, -0.2) is 12.5 Å². The van der Waals surface area contributed by atoms with Crippen LogP contribution in [0.2, 0.25) is 0 Å². The molecule has 0 aliphatic carbocycles. The fourth-order valence-electron chi connectivity index (χ4n) is 1.53. The van der Waals surface area contributed by atoms with Crippen molar-refractivity contribution in [1.29, 1.82) is 0 Å². The molecule has 1 amide bonds. The minimum Gasteiger partial charge on any atom is -0.356 e. The van der Waals surface area contributed by atoms with E-state index in [1.807, 2.05) is 50.3 Å². The molecule has 1 N–H and O–H groups in total. The van der Waals surface area contributed by atoms with Gasteiger partial charge in [0.2, 0.25) is 5.91 Å². The Hall–Kier alpha value is -1.57. The molecule has 0 aliphatic rings. The summed E-state index contributed by atoms with van der Waals surface area (Å²) in [6, 6.07) is 8.05. The van der Waals surface area contributed by atoms with Gasteiger partial charge in [0.15, 0.2) is 0 Å². The zero-order valence-electron chi connectivity index (χ0n) is 9.99. The number of hydrogen-bond acceptors (Lipinski definition) is 1. The number of nitrogens with one attached hydrogen (secondary N) is 1. The van der Waals surface area contributed by atoms with Gasteiger partial charge >= 0.3 is 0 Å². The Morgan fingerprint density at radius 3 is 2.94 bits per heavy atom. The molecule has 0 heterocycles. The van der Waals surface area contributed by atoms with E-state index in [1.54, 1.807) is 0 Å². The quantitative estimate of drug-likeness (QED) is 0.596. The average molecular weight is 217 g/mol. The largest absolute Gasteiger partial charge is 0.356 e. The Morgan fingerprint density at radius 2 is 2.25 bits per heavy atom. The van der Waals surface area contributed by atoms with Crippen LogP contribution in [-0.2, 0) is 11.2 Å². The van der Waals surface area contributed by atoms with Gasteiger partial charge in [-0.15, -0.1) is 0 Å². The van der Waals surface area contributed by atoms with Crippen LogP contribution in [0.3, 0.4) is 0 Å². The van der Waals surface area contributed by atoms with Crippen LogP contribution in [0.25, 0.3) is 0 Å². The highest BCUT2D eigenvalue weighted by Gasteiger charge is 2.01. The minimum atomic E-state index is 0.0927. The number of amides is 1. The molecule has 2 nitrogen and oxygen atoms in total. The molecule has 0 bridgehead atoms. The summed E-state index contributed by atoms with van der Waals surface area (Å²) in [5.41, 5.74) is 2.27. The molecule has 2 heteroatoms. The molecular weight excluding hydrogens is 198 g/mol. The molecule has 0 atom stereocenters. The number of aryl methyl sites for hydroxylation is 1. The predicted molar refractivity (Wildman–Crippen MR) is 67.3 cm³/mol. The van der Waals surface area contributed by atoms with Gasteiger partial charge in [-0.05, 0) is 25.8 Å². The standard InChI is InChI=1S/C14H19NO/c1-3-4-5-9-15-14(16)11-13-8-6-7-12(2)10-13/h3-4,6-8,10H,5,9,11H2,1-2H3,(H,15,16)/b4-3+. The van der Waals surface area contributed by atoms with Crippen molar-refractivity contribution < 1.29 is 4.79 Å². The molecule has 86 valence electrons. The molecule has 1 aromatic rings. The third-order valence-corrected chi connectivity index (χ3v) is 2.32. The third kappa shape index (κ3) is 4.78. The fraction of sp³-hybridized carbons (Fsp3) is 0.357. The Labute approximate surface area is 97.4 Å². The zero-order valence-corrected chi connectivity index (χ0v) is 9.99. The van der Waals surface area contributed by atoms with Crippen LogP contribution < -0.4 is 5.32 Å². The molecule has 0 radical (unpaired) electrons. The van der Waals surface area contributed by atoms with Crippen molar-refractivity contribution in [2.24, 2.45) is 0 Å². The second kappa shape index (κ2) is 6.83. The first-order valence-corrected chi connectivity index (χ1v) is 5.66. The van der Waals surface area contributed by atoms with Gasteiger partial charge < -0.3 is 5.32 Å². The number of benzene rings is 1. The van der Waals surface area contributed by atoms with E-state index in [4.69, 9.17) is 0 Å². The number of carbonyl (C=O) groups excluding carboxylic acids is 1. The Bertz CT molecular complexity index is 369. The summed E-state index contributed by atoms with van der Waals surface area (Å²) in [7, 11) is 0. The molecule has 0 saturated heterocycles. The number of allylic oxidation sites excluding steroid dienone is 1. The molecular formula is C14H19NO. The summed E-state index contributed by atoms with van der Waals surface area (Å²) >= 11 is 0. The van der Waals surface area contributed by atoms with Gasteiger partial charge in [0, 0.05) is 6.54 Å². The highest BCUT2D eigenvalue weighted by atomic mass is 16.1. The summed E-state index contributed by atoms with van der Waals surface area (Å²) in [6.07, 6.45) is 5.41. The maximum absolute atomic E-state index is 11.6. The lowest BCUT2D eigenvalue weighted by Crippen LogP contribution is -2.25. The number of carbonyl (C=O) groups is 1. The third-order valence-electron chi connectivity index (χ3n) is 2.32. The minimum absolute atomic E-state index is 0.0927. The van der Waals surface area contributed by atoms with Crippen LogP contribution in [0.4, 0.5) is 0 Å². The monoisotopic (exact) mass is 217 g/mol. The second-order valence-corrected chi connectivity index (χ2v) is 3.87. The van der Waals surface area contributed by atoms with Crippen molar-refractivity contribution in [3.8, 4) is 0 Å². The van der Waals surface area contributed by atoms with E-state index >= 15 is 0 Å². The van der Waals surface area contributed by atoms with Crippen LogP contribution in [0, 0.1) is 6.92 Å². The van der Waals surface area contributed by atoms with Gasteiger partial charge in [-0.25, -0.2) is 0 Å². The van der Waals surface area contributed by atoms with Gasteiger partial charge in [-0.1, -0.05) is 42.0 Å². The summed E-state index contributed by atoms with van der Waals surface area (Å²) in [5.74, 6) is 0.0927. The zero-order chi connectivity index (χ0) is 11.8. The van der Waals surface area contributed by atoms with E-state index < -0.39 is 0 Å². The molecule has 1 aromatic carbocycles. The molecule has 1 rings (SSSR count). The van der Waals surface area contributed by atoms with Crippen molar-refractivity contribution in [3.63, 3.8) is 0 Å². The van der Waals surface area contributed by atoms with Crippen molar-refractivity contribution in [3.05, 3.63) is 47.5 Å². The molecule has 0 aromatic heterocycles. The lowest BCUT2D eigenvalue weighted by molar-refractivity contribution is -0.120. The molecule has 0 aliphatic heterocycles. The Balaban J connectivity index is 2.34. The Morgan fingerprint density at radius 1 is 1.44 bits per heavy atom. The van der Waals surface area contributed by atoms with Crippen LogP contribution in [0.15, 0.2) is 36.4 Å². The van der Waals surface area contributed by atoms with Gasteiger partial charge in [0.25, 0.3) is 0 Å². The van der Waals surface area contributed by atoms with Gasteiger partial charge in [-0.3, -0.25) is 4.79 Å². The van der Waals surface area contributed by atoms with E-state index in [-0.39, 0.29) is 5.91 Å². The normalized spacial score (nSPS) is 10.6. The first-order chi connectivity index (χ1) is 7.72. The summed E-state index contributed by atoms with van der Waals surface area (Å²) in [4.78, 5) is 11.6. The van der Waals surface area contributed by atoms with Crippen molar-refractivity contribution in [2.75, 3.05) is 6.54 Å². The summed E-state index contributed by atoms with van der Waals surface area (Å²) < 4.78 is 0. The topological polar surface area (TPSA) is 29.1 Å². The lowest BCUT2D eigenvalue weighted by Gasteiger charge is -2.04. The molecule has 0 unspecified atom stereocenters. The summed E-state index contributed by atoms with van der Waals surface area (Å²) in [6.45, 7) is 4.73. The van der Waals surface area contributed by atoms with Crippen molar-refractivity contribution >= 4 is 5.91 Å². The molecule has 0 fully saturated rings. The molecule has 0 saturated carbocycles. The highest BCUT2D eigenvalue weighted by molar-refractivity contribution is 5.78. The van der Waals surface area contributed by atoms with E-state index in [1.165, 1.54) is 5.56 Å². The molecule has 16 heavy (non-hydrogen) atoms. The molecule has 0 spiro atoms. The maximum Gasteiger partial charge on any atom is 0.224 e. The lowest BCUT2D eigenvalue weighted by atomic mass is 10.1. The van der Waals surface area contributed by atoms with Gasteiger partial charge in [-0.2, -0.15) is 0 Å². The average Bonchev–Trinajstić information content (AvgIpc) is 2.24. The SMILES string of the molecule is C/C=C/CCNC(=O)Cc1cccc(C)c1. The predicted octanol–water partition coefficient (Wildman–Crippen LogP) is 2.62. The second-order valence-electron chi connectivity index (χ2n) is 3.87. The first-order valence-electron chi connectivity index (χ1n) is 5.66. The van der Waals surface area contributed by atoms with E-state index in [0.29, 0.717) is 6.42 Å². The van der Waals surface area contributed by atoms with E-state index in [9.17, 15) is 4.79 Å². The van der Waals surface area contributed by atoms with Crippen molar-refractivity contribution in [1.82, 2.24) is 5.32 Å². The first kappa shape index (κ1) is 12.5. The summed E-state index contributed by atoms with van der Waals surface area (Å²) in [5, 5.41) is 2.90. The van der Waals surface area contributed by atoms with Gasteiger partial charge in [0.05, 0.1) is 6.42 Å². The maximum atomic E-state index is 11.6. The Kier molecular flexibility index (Phi) is 5.34. The van der Waals surface area contributed by atoms with Crippen LogP contribution in [0.1, 0.15) is 24.5 Å². The number of rotatable bonds is 5. The van der Waals surface area contributed by atoms with Crippen LogP contribution >= 0.6 is 0 Å².